The van der Waals surface area contributed by atoms with Gasteiger partial charge < -0.3 is 0 Å². The molecule has 0 aliphatic carbocycles. The molecule has 0 aliphatic heterocycles. The van der Waals surface area contributed by atoms with E-state index in [9.17, 15) is 0 Å². The van der Waals surface area contributed by atoms with E-state index < -0.39 is 0 Å². The van der Waals surface area contributed by atoms with Crippen LogP contribution in [-0.4, -0.2) is 52.7 Å². The Labute approximate surface area is 107 Å². The zero-order chi connectivity index (χ0) is 11.5. The van der Waals surface area contributed by atoms with E-state index in [4.69, 9.17) is 9.47 Å². The average Bonchev–Trinajstić information content (AvgIpc) is 2.36. The van der Waals surface area contributed by atoms with Gasteiger partial charge in [0.15, 0.2) is 0 Å². The van der Waals surface area contributed by atoms with Gasteiger partial charge in [-0.3, -0.25) is 0 Å². The zero-order valence-electron chi connectivity index (χ0n) is 9.35. The fourth-order valence-electron chi connectivity index (χ4n) is 1.52. The molecule has 0 saturated carbocycles. The molecule has 6 heteroatoms. The van der Waals surface area contributed by atoms with Crippen molar-refractivity contribution in [1.82, 2.24) is 9.97 Å². The zero-order valence-corrected chi connectivity index (χ0v) is 11.1. The van der Waals surface area contributed by atoms with Crippen LogP contribution in [0.4, 0.5) is 0 Å². The number of hydrogen-bond acceptors (Lipinski definition) is 4. The SMILES string of the molecule is [Li][Se]c1ncnc2cc(OC)c(OC)cc12. The second kappa shape index (κ2) is 5.07. The van der Waals surface area contributed by atoms with Gasteiger partial charge in [-0.15, -0.1) is 0 Å². The normalized spacial score (nSPS) is 10.5. The standard InChI is InChI=1S/C10H10N2O2Se.Li/c1-13-8-3-6-7(4-9(8)14-2)11-5-12-10(6)15;/h3-5H,1-2H3,(H,11,12,15);/q;+1/p-1. The van der Waals surface area contributed by atoms with Crippen LogP contribution in [0.5, 0.6) is 11.5 Å². The molecule has 1 aromatic heterocycles. The maximum absolute atomic E-state index is 5.27. The topological polar surface area (TPSA) is 44.2 Å². The van der Waals surface area contributed by atoms with E-state index in [1.807, 2.05) is 12.1 Å². The minimum absolute atomic E-state index is 0.334. The van der Waals surface area contributed by atoms with Crippen LogP contribution in [0.15, 0.2) is 18.5 Å². The fourth-order valence-corrected chi connectivity index (χ4v) is 2.65. The van der Waals surface area contributed by atoms with Crippen molar-refractivity contribution in [2.45, 2.75) is 0 Å². The van der Waals surface area contributed by atoms with Crippen molar-refractivity contribution in [2.24, 2.45) is 0 Å². The summed E-state index contributed by atoms with van der Waals surface area (Å²) in [6.07, 6.45) is 1.59. The van der Waals surface area contributed by atoms with Crippen LogP contribution < -0.4 is 14.1 Å². The summed E-state index contributed by atoms with van der Waals surface area (Å²) in [5.74, 6) is 1.42. The Bertz CT molecular complexity index is 521. The predicted molar refractivity (Wildman–Crippen MR) is 63.8 cm³/mol. The third-order valence-electron chi connectivity index (χ3n) is 2.30. The Morgan fingerprint density at radius 3 is 2.44 bits per heavy atom. The van der Waals surface area contributed by atoms with Gasteiger partial charge in [0.2, 0.25) is 0 Å². The van der Waals surface area contributed by atoms with Gasteiger partial charge in [-0.2, -0.15) is 0 Å². The summed E-state index contributed by atoms with van der Waals surface area (Å²) in [4.78, 5) is 8.51. The first kappa shape index (κ1) is 11.8. The van der Waals surface area contributed by atoms with Crippen LogP contribution in [0.25, 0.3) is 10.9 Å². The van der Waals surface area contributed by atoms with Crippen LogP contribution in [0.3, 0.4) is 0 Å². The number of rotatable bonds is 3. The third kappa shape index (κ3) is 2.05. The van der Waals surface area contributed by atoms with Crippen molar-refractivity contribution in [1.29, 1.82) is 0 Å². The summed E-state index contributed by atoms with van der Waals surface area (Å²) in [5.41, 5.74) is 0.895. The van der Waals surface area contributed by atoms with E-state index >= 15 is 0 Å². The molecule has 0 radical (unpaired) electrons. The van der Waals surface area contributed by atoms with E-state index in [0.717, 1.165) is 21.2 Å². The van der Waals surface area contributed by atoms with Crippen LogP contribution >= 0.6 is 0 Å². The molecule has 1 heterocycles. The average molecular weight is 275 g/mol. The van der Waals surface area contributed by atoms with Crippen molar-refractivity contribution in [3.63, 3.8) is 0 Å². The molecule has 2 aromatic rings. The number of fused-ring (bicyclic) bond motifs is 1. The van der Waals surface area contributed by atoms with Crippen LogP contribution in [-0.2, 0) is 0 Å². The monoisotopic (exact) mass is 276 g/mol. The summed E-state index contributed by atoms with van der Waals surface area (Å²) >= 11 is 2.46. The molecule has 0 saturated heterocycles. The number of nitrogens with zero attached hydrogens (tertiary/aromatic N) is 2. The maximum atomic E-state index is 5.27. The van der Waals surface area contributed by atoms with E-state index in [-0.39, 0.29) is 0 Å². The van der Waals surface area contributed by atoms with Crippen LogP contribution in [0.2, 0.25) is 0 Å². The van der Waals surface area contributed by atoms with Gasteiger partial charge in [-0.1, -0.05) is 0 Å². The van der Waals surface area contributed by atoms with Crippen molar-refractivity contribution in [3.8, 4) is 11.5 Å². The molecule has 0 amide bonds. The van der Waals surface area contributed by atoms with Crippen molar-refractivity contribution < 1.29 is 9.47 Å². The summed E-state index contributed by atoms with van der Waals surface area (Å²) < 4.78 is 11.6. The third-order valence-corrected chi connectivity index (χ3v) is 3.79. The Morgan fingerprint density at radius 2 is 1.81 bits per heavy atom. The van der Waals surface area contributed by atoms with Crippen LogP contribution in [0, 0.1) is 0 Å². The van der Waals surface area contributed by atoms with Crippen molar-refractivity contribution in [3.05, 3.63) is 18.5 Å². The predicted octanol–water partition coefficient (Wildman–Crippen LogP) is 0.0600. The molecule has 0 aliphatic rings. The van der Waals surface area contributed by atoms with Gasteiger partial charge in [0.05, 0.1) is 0 Å². The molecule has 2 rings (SSSR count). The Morgan fingerprint density at radius 1 is 1.12 bits per heavy atom. The number of ether oxygens (including phenoxy) is 2. The summed E-state index contributed by atoms with van der Waals surface area (Å²) in [6.45, 7) is 0. The van der Waals surface area contributed by atoms with E-state index in [1.165, 1.54) is 0 Å². The number of methoxy groups -OCH3 is 2. The number of benzene rings is 1. The quantitative estimate of drug-likeness (QED) is 0.743. The summed E-state index contributed by atoms with van der Waals surface area (Å²) in [6, 6.07) is 3.82. The van der Waals surface area contributed by atoms with Gasteiger partial charge in [-0.05, 0) is 0 Å². The van der Waals surface area contributed by atoms with E-state index in [2.05, 4.69) is 25.7 Å². The molecule has 0 unspecified atom stereocenters. The molecule has 4 nitrogen and oxygen atoms in total. The van der Waals surface area contributed by atoms with Gasteiger partial charge in [0.1, 0.15) is 0 Å². The van der Waals surface area contributed by atoms with E-state index in [1.54, 1.807) is 20.5 Å². The summed E-state index contributed by atoms with van der Waals surface area (Å²) in [7, 11) is 3.25. The summed E-state index contributed by atoms with van der Waals surface area (Å²) in [5, 5.41) is 1.04. The molecule has 0 bridgehead atoms. The van der Waals surface area contributed by atoms with Crippen molar-refractivity contribution in [2.75, 3.05) is 14.2 Å². The van der Waals surface area contributed by atoms with Gasteiger partial charge in [0.25, 0.3) is 0 Å². The Kier molecular flexibility index (Phi) is 3.73. The molecule has 0 fully saturated rings. The van der Waals surface area contributed by atoms with Crippen LogP contribution in [0.1, 0.15) is 0 Å². The minimum atomic E-state index is 0.334. The second-order valence-corrected chi connectivity index (χ2v) is 4.78. The molecule has 78 valence electrons. The fraction of sp³-hybridized carbons (Fsp3) is 0.200. The molecular formula is C10H9LiN2O2Se. The van der Waals surface area contributed by atoms with E-state index in [0.29, 0.717) is 18.5 Å². The number of aromatic nitrogens is 2. The number of hydrogen-bond donors (Lipinski definition) is 0. The first-order valence-electron chi connectivity index (χ1n) is 4.71. The second-order valence-electron chi connectivity index (χ2n) is 3.11. The Balaban J connectivity index is 2.72. The molecule has 0 spiro atoms. The molecule has 16 heavy (non-hydrogen) atoms. The first-order chi connectivity index (χ1) is 7.80. The molecule has 1 aromatic carbocycles. The first-order valence-corrected chi connectivity index (χ1v) is 7.28. The van der Waals surface area contributed by atoms with Crippen molar-refractivity contribution >= 4 is 44.0 Å². The van der Waals surface area contributed by atoms with Gasteiger partial charge in [-0.25, -0.2) is 0 Å². The molecule has 0 atom stereocenters. The van der Waals surface area contributed by atoms with Gasteiger partial charge >= 0.3 is 108 Å². The Hall–Kier alpha value is -0.723. The molecule has 0 N–H and O–H groups in total. The van der Waals surface area contributed by atoms with Gasteiger partial charge in [0, 0.05) is 0 Å². The molecular weight excluding hydrogens is 266 g/mol.